The molecule has 162 valence electrons. The second-order valence-corrected chi connectivity index (χ2v) is 8.63. The molecule has 7 nitrogen and oxygen atoms in total. The van der Waals surface area contributed by atoms with Crippen LogP contribution in [-0.2, 0) is 9.59 Å². The number of amides is 3. The summed E-state index contributed by atoms with van der Waals surface area (Å²) < 4.78 is 11.9. The molecule has 1 aliphatic heterocycles. The van der Waals surface area contributed by atoms with Gasteiger partial charge in [-0.1, -0.05) is 40.2 Å². The zero-order valence-corrected chi connectivity index (χ0v) is 19.2. The Hall–Kier alpha value is -3.30. The third-order valence-electron chi connectivity index (χ3n) is 4.59. The second kappa shape index (κ2) is 9.46. The molecule has 1 fully saturated rings. The van der Waals surface area contributed by atoms with Gasteiger partial charge in [-0.25, -0.2) is 0 Å². The van der Waals surface area contributed by atoms with E-state index in [9.17, 15) is 14.4 Å². The molecule has 1 saturated heterocycles. The Labute approximate surface area is 196 Å². The molecule has 9 heteroatoms. The summed E-state index contributed by atoms with van der Waals surface area (Å²) in [6.45, 7) is -0.400. The molecule has 2 heterocycles. The van der Waals surface area contributed by atoms with Crippen LogP contribution in [0.5, 0.6) is 5.75 Å². The first-order valence-electron chi connectivity index (χ1n) is 9.48. The molecule has 3 amide bonds. The molecule has 0 aliphatic carbocycles. The number of furan rings is 1. The van der Waals surface area contributed by atoms with Crippen LogP contribution < -0.4 is 10.1 Å². The monoisotopic (exact) mass is 512 g/mol. The molecular formula is C23H17BrN2O5S. The molecular weight excluding hydrogens is 496 g/mol. The lowest BCUT2D eigenvalue weighted by atomic mass is 10.2. The average Bonchev–Trinajstić information content (AvgIpc) is 3.35. The van der Waals surface area contributed by atoms with Crippen LogP contribution in [0.3, 0.4) is 0 Å². The van der Waals surface area contributed by atoms with Crippen LogP contribution in [0, 0.1) is 0 Å². The van der Waals surface area contributed by atoms with Gasteiger partial charge in [0.1, 0.15) is 23.8 Å². The number of carbonyl (C=O) groups excluding carboxylic acids is 3. The highest BCUT2D eigenvalue weighted by Gasteiger charge is 2.36. The molecule has 1 N–H and O–H groups in total. The van der Waals surface area contributed by atoms with Crippen molar-refractivity contribution in [2.45, 2.75) is 0 Å². The fourth-order valence-corrected chi connectivity index (χ4v) is 4.13. The molecule has 0 radical (unpaired) electrons. The van der Waals surface area contributed by atoms with E-state index in [1.165, 1.54) is 13.2 Å². The number of benzene rings is 2. The lowest BCUT2D eigenvalue weighted by Gasteiger charge is -2.14. The number of methoxy groups -OCH3 is 1. The fourth-order valence-electron chi connectivity index (χ4n) is 3.05. The van der Waals surface area contributed by atoms with Crippen LogP contribution in [0.15, 0.2) is 74.5 Å². The van der Waals surface area contributed by atoms with E-state index in [-0.39, 0.29) is 4.91 Å². The molecule has 0 unspecified atom stereocenters. The minimum absolute atomic E-state index is 0.191. The Balaban J connectivity index is 1.45. The minimum Gasteiger partial charge on any atom is -0.495 e. The van der Waals surface area contributed by atoms with E-state index in [0.29, 0.717) is 23.0 Å². The van der Waals surface area contributed by atoms with Gasteiger partial charge in [0.25, 0.3) is 11.1 Å². The highest BCUT2D eigenvalue weighted by molar-refractivity contribution is 9.10. The van der Waals surface area contributed by atoms with Crippen molar-refractivity contribution in [1.29, 1.82) is 0 Å². The largest absolute Gasteiger partial charge is 0.495 e. The van der Waals surface area contributed by atoms with Crippen LogP contribution in [0.1, 0.15) is 5.76 Å². The van der Waals surface area contributed by atoms with Crippen LogP contribution in [0.25, 0.3) is 17.4 Å². The second-order valence-electron chi connectivity index (χ2n) is 6.73. The summed E-state index contributed by atoms with van der Waals surface area (Å²) in [5.74, 6) is 0.505. The van der Waals surface area contributed by atoms with Gasteiger partial charge >= 0.3 is 0 Å². The van der Waals surface area contributed by atoms with Gasteiger partial charge in [-0.3, -0.25) is 19.3 Å². The van der Waals surface area contributed by atoms with Crippen molar-refractivity contribution in [3.8, 4) is 17.1 Å². The summed E-state index contributed by atoms with van der Waals surface area (Å²) >= 11 is 4.16. The number of carbonyl (C=O) groups is 3. The van der Waals surface area contributed by atoms with Crippen molar-refractivity contribution < 1.29 is 23.5 Å². The van der Waals surface area contributed by atoms with E-state index in [1.54, 1.807) is 36.4 Å². The Kier molecular flexibility index (Phi) is 6.48. The number of hydrogen-bond acceptors (Lipinski definition) is 6. The minimum atomic E-state index is -0.545. The molecule has 0 saturated carbocycles. The lowest BCUT2D eigenvalue weighted by Crippen LogP contribution is -2.36. The van der Waals surface area contributed by atoms with Crippen molar-refractivity contribution in [2.75, 3.05) is 19.0 Å². The molecule has 3 aromatic rings. The van der Waals surface area contributed by atoms with E-state index >= 15 is 0 Å². The third-order valence-corrected chi connectivity index (χ3v) is 6.02. The summed E-state index contributed by atoms with van der Waals surface area (Å²) in [6.07, 6.45) is 1.51. The van der Waals surface area contributed by atoms with Gasteiger partial charge in [0.05, 0.1) is 17.7 Å². The SMILES string of the molecule is COc1ccccc1NC(=O)CN1C(=O)S/C(=C/c2ccc(-c3ccc(Br)cc3)o2)C1=O. The maximum Gasteiger partial charge on any atom is 0.294 e. The zero-order valence-electron chi connectivity index (χ0n) is 16.8. The molecule has 1 aliphatic rings. The molecule has 0 atom stereocenters. The third kappa shape index (κ3) is 4.79. The molecule has 2 aromatic carbocycles. The van der Waals surface area contributed by atoms with Gasteiger partial charge in [-0.2, -0.15) is 0 Å². The quantitative estimate of drug-likeness (QED) is 0.445. The first kappa shape index (κ1) is 21.9. The highest BCUT2D eigenvalue weighted by atomic mass is 79.9. The maximum absolute atomic E-state index is 12.7. The predicted octanol–water partition coefficient (Wildman–Crippen LogP) is 5.39. The fraction of sp³-hybridized carbons (Fsp3) is 0.0870. The van der Waals surface area contributed by atoms with Gasteiger partial charge in [-0.05, 0) is 48.2 Å². The van der Waals surface area contributed by atoms with Gasteiger partial charge in [0, 0.05) is 16.1 Å². The lowest BCUT2D eigenvalue weighted by molar-refractivity contribution is -0.127. The predicted molar refractivity (Wildman–Crippen MR) is 126 cm³/mol. The summed E-state index contributed by atoms with van der Waals surface area (Å²) in [7, 11) is 1.49. The molecule has 4 rings (SSSR count). The maximum atomic E-state index is 12.7. The summed E-state index contributed by atoms with van der Waals surface area (Å²) in [5.41, 5.74) is 1.34. The first-order chi connectivity index (χ1) is 15.4. The number of rotatable bonds is 6. The number of nitrogens with zero attached hydrogens (tertiary/aromatic N) is 1. The molecule has 0 spiro atoms. The molecule has 0 bridgehead atoms. The van der Waals surface area contributed by atoms with E-state index in [1.807, 2.05) is 24.3 Å². The Morgan fingerprint density at radius 3 is 2.62 bits per heavy atom. The Bertz CT molecular complexity index is 1220. The molecule has 32 heavy (non-hydrogen) atoms. The van der Waals surface area contributed by atoms with Crippen LogP contribution >= 0.6 is 27.7 Å². The van der Waals surface area contributed by atoms with E-state index in [2.05, 4.69) is 21.2 Å². The number of imide groups is 1. The van der Waals surface area contributed by atoms with E-state index < -0.39 is 23.6 Å². The molecule has 1 aromatic heterocycles. The Morgan fingerprint density at radius 1 is 1.12 bits per heavy atom. The van der Waals surface area contributed by atoms with Gasteiger partial charge in [0.2, 0.25) is 5.91 Å². The van der Waals surface area contributed by atoms with Gasteiger partial charge in [0.15, 0.2) is 0 Å². The van der Waals surface area contributed by atoms with Crippen LogP contribution in [-0.4, -0.2) is 35.6 Å². The summed E-state index contributed by atoms with van der Waals surface area (Å²) in [4.78, 5) is 38.6. The van der Waals surface area contributed by atoms with E-state index in [4.69, 9.17) is 9.15 Å². The summed E-state index contributed by atoms with van der Waals surface area (Å²) in [6, 6.07) is 18.0. The average molecular weight is 513 g/mol. The number of halogens is 1. The van der Waals surface area contributed by atoms with Crippen molar-refractivity contribution in [2.24, 2.45) is 0 Å². The summed E-state index contributed by atoms with van der Waals surface area (Å²) in [5, 5.41) is 2.14. The standard InChI is InChI=1S/C23H17BrN2O5S/c1-30-19-5-3-2-4-17(19)25-21(27)13-26-22(28)20(32-23(26)29)12-16-10-11-18(31-16)14-6-8-15(24)9-7-14/h2-12H,13H2,1H3,(H,25,27)/b20-12+. The number of para-hydroxylation sites is 2. The number of thioether (sulfide) groups is 1. The van der Waals surface area contributed by atoms with Crippen molar-refractivity contribution in [1.82, 2.24) is 4.90 Å². The van der Waals surface area contributed by atoms with Crippen LogP contribution in [0.4, 0.5) is 10.5 Å². The van der Waals surface area contributed by atoms with Crippen LogP contribution in [0.2, 0.25) is 0 Å². The van der Waals surface area contributed by atoms with E-state index in [0.717, 1.165) is 26.7 Å². The number of hydrogen-bond donors (Lipinski definition) is 1. The number of nitrogens with one attached hydrogen (secondary N) is 1. The van der Waals surface area contributed by atoms with Crippen molar-refractivity contribution in [3.63, 3.8) is 0 Å². The zero-order chi connectivity index (χ0) is 22.7. The number of anilines is 1. The first-order valence-corrected chi connectivity index (χ1v) is 11.1. The van der Waals surface area contributed by atoms with Gasteiger partial charge in [-0.15, -0.1) is 0 Å². The number of ether oxygens (including phenoxy) is 1. The van der Waals surface area contributed by atoms with Crippen molar-refractivity contribution >= 4 is 56.5 Å². The Morgan fingerprint density at radius 2 is 1.88 bits per heavy atom. The highest BCUT2D eigenvalue weighted by Crippen LogP contribution is 2.33. The van der Waals surface area contributed by atoms with Crippen molar-refractivity contribution in [3.05, 3.63) is 75.8 Å². The van der Waals surface area contributed by atoms with Gasteiger partial charge < -0.3 is 14.5 Å². The smallest absolute Gasteiger partial charge is 0.294 e. The normalized spacial score (nSPS) is 14.8. The topological polar surface area (TPSA) is 88.8 Å².